The second kappa shape index (κ2) is 6.26. The highest BCUT2D eigenvalue weighted by Gasteiger charge is 2.46. The number of amides is 1. The number of hydrogen-bond acceptors (Lipinski definition) is 6. The Morgan fingerprint density at radius 2 is 2.09 bits per heavy atom. The van der Waals surface area contributed by atoms with Crippen LogP contribution in [-0.2, 0) is 10.3 Å². The Morgan fingerprint density at radius 3 is 2.64 bits per heavy atom. The van der Waals surface area contributed by atoms with Gasteiger partial charge in [-0.15, -0.1) is 0 Å². The first kappa shape index (κ1) is 16.8. The molecule has 22 heavy (non-hydrogen) atoms. The molecule has 1 aromatic heterocycles. The summed E-state index contributed by atoms with van der Waals surface area (Å²) < 4.78 is 31.8. The first-order chi connectivity index (χ1) is 10.2. The Kier molecular flexibility index (Phi) is 4.78. The van der Waals surface area contributed by atoms with Crippen molar-refractivity contribution in [1.29, 1.82) is 0 Å². The zero-order valence-electron chi connectivity index (χ0n) is 11.7. The molecule has 2 rings (SSSR count). The largest absolute Gasteiger partial charge is 0.389 e. The second-order valence-corrected chi connectivity index (χ2v) is 6.57. The maximum absolute atomic E-state index is 12.0. The molecule has 9 nitrogen and oxygen atoms in total. The highest BCUT2D eigenvalue weighted by Crippen LogP contribution is 2.26. The number of hydrogen-bond donors (Lipinski definition) is 4. The van der Waals surface area contributed by atoms with E-state index in [0.29, 0.717) is 4.31 Å². The summed E-state index contributed by atoms with van der Waals surface area (Å²) in [6.07, 6.45) is 0.0302. The van der Waals surface area contributed by atoms with E-state index >= 15 is 0 Å². The van der Waals surface area contributed by atoms with Gasteiger partial charge < -0.3 is 15.5 Å². The van der Waals surface area contributed by atoms with Gasteiger partial charge in [0, 0.05) is 19.4 Å². The van der Waals surface area contributed by atoms with Gasteiger partial charge in [0.15, 0.2) is 0 Å². The topological polar surface area (TPSA) is 140 Å². The van der Waals surface area contributed by atoms with E-state index in [1.165, 1.54) is 18.5 Å². The molecule has 1 aliphatic rings. The number of carbonyl (C=O) groups is 1. The van der Waals surface area contributed by atoms with E-state index in [4.69, 9.17) is 4.55 Å². The van der Waals surface area contributed by atoms with Crippen LogP contribution in [-0.4, -0.2) is 69.7 Å². The molecule has 0 spiro atoms. The van der Waals surface area contributed by atoms with E-state index in [-0.39, 0.29) is 12.0 Å². The molecule has 0 saturated heterocycles. The molecule has 0 aliphatic heterocycles. The average Bonchev–Trinajstić information content (AvgIpc) is 2.74. The molecule has 10 heteroatoms. The van der Waals surface area contributed by atoms with E-state index in [9.17, 15) is 23.4 Å². The third kappa shape index (κ3) is 3.42. The summed E-state index contributed by atoms with van der Waals surface area (Å²) in [5.41, 5.74) is 0.274. The number of nitrogens with one attached hydrogen (secondary N) is 1. The summed E-state index contributed by atoms with van der Waals surface area (Å²) in [7, 11) is -3.42. The molecule has 0 aromatic carbocycles. The lowest BCUT2D eigenvalue weighted by Gasteiger charge is -2.23. The predicted octanol–water partition coefficient (Wildman–Crippen LogP) is -1.59. The first-order valence-corrected chi connectivity index (χ1v) is 7.89. The number of rotatable bonds is 4. The van der Waals surface area contributed by atoms with Crippen LogP contribution in [0, 0.1) is 0 Å². The van der Waals surface area contributed by atoms with Crippen molar-refractivity contribution in [2.75, 3.05) is 7.05 Å². The van der Waals surface area contributed by atoms with Crippen molar-refractivity contribution >= 4 is 16.2 Å². The molecule has 0 bridgehead atoms. The van der Waals surface area contributed by atoms with Gasteiger partial charge >= 0.3 is 10.3 Å². The van der Waals surface area contributed by atoms with Gasteiger partial charge in [-0.05, 0) is 18.6 Å². The van der Waals surface area contributed by atoms with Crippen molar-refractivity contribution in [3.63, 3.8) is 0 Å². The lowest BCUT2D eigenvalue weighted by molar-refractivity contribution is 0.00972. The number of nitrogens with zero attached hydrogens (tertiary/aromatic N) is 2. The molecular formula is C12H17N3O6S. The number of aliphatic hydroxyl groups is 2. The Morgan fingerprint density at radius 1 is 1.41 bits per heavy atom. The van der Waals surface area contributed by atoms with Gasteiger partial charge in [-0.25, -0.2) is 0 Å². The van der Waals surface area contributed by atoms with Crippen molar-refractivity contribution in [2.45, 2.75) is 30.7 Å². The minimum Gasteiger partial charge on any atom is -0.389 e. The Bertz CT molecular complexity index is 638. The fourth-order valence-corrected chi connectivity index (χ4v) is 2.99. The molecule has 4 N–H and O–H groups in total. The third-order valence-corrected chi connectivity index (χ3v) is 4.72. The highest BCUT2D eigenvalue weighted by atomic mass is 32.2. The maximum Gasteiger partial charge on any atom is 0.335 e. The van der Waals surface area contributed by atoms with Gasteiger partial charge in [-0.2, -0.15) is 12.7 Å². The Labute approximate surface area is 127 Å². The van der Waals surface area contributed by atoms with Gasteiger partial charge in [0.1, 0.15) is 6.10 Å². The van der Waals surface area contributed by atoms with Crippen molar-refractivity contribution < 1.29 is 28.0 Å². The van der Waals surface area contributed by atoms with Crippen molar-refractivity contribution in [3.05, 3.63) is 30.1 Å². The summed E-state index contributed by atoms with van der Waals surface area (Å²) in [5, 5.41) is 22.4. The van der Waals surface area contributed by atoms with E-state index in [1.807, 2.05) is 0 Å². The van der Waals surface area contributed by atoms with Gasteiger partial charge in [0.2, 0.25) is 0 Å². The fourth-order valence-electron chi connectivity index (χ4n) is 2.43. The van der Waals surface area contributed by atoms with Gasteiger partial charge in [0.25, 0.3) is 5.91 Å². The number of aromatic nitrogens is 1. The van der Waals surface area contributed by atoms with E-state index in [1.54, 1.807) is 6.07 Å². The number of likely N-dealkylation sites (N-methyl/N-ethyl adjacent to an activating group) is 1. The SMILES string of the molecule is CN([C@@H]1C[C@@H](NC(=O)c2cccnc2)[C@H](O)[C@@H]1O)S(=O)(=O)O. The second-order valence-electron chi connectivity index (χ2n) is 5.10. The van der Waals surface area contributed by atoms with Crippen LogP contribution in [0.5, 0.6) is 0 Å². The van der Waals surface area contributed by atoms with Crippen LogP contribution in [0.15, 0.2) is 24.5 Å². The standard InChI is InChI=1S/C12H17N3O6S/c1-15(22(19,20)21)9-5-8(10(16)11(9)17)14-12(18)7-3-2-4-13-6-7/h2-4,6,8-11,16-17H,5H2,1H3,(H,14,18)(H,19,20,21)/t8-,9-,10+,11-/m1/s1. The van der Waals surface area contributed by atoms with Gasteiger partial charge in [0.05, 0.1) is 23.8 Å². The third-order valence-electron chi connectivity index (χ3n) is 3.72. The molecular weight excluding hydrogens is 314 g/mol. The molecule has 1 aliphatic carbocycles. The lowest BCUT2D eigenvalue weighted by atomic mass is 10.2. The number of aliphatic hydroxyl groups excluding tert-OH is 2. The monoisotopic (exact) mass is 331 g/mol. The average molecular weight is 331 g/mol. The summed E-state index contributed by atoms with van der Waals surface area (Å²) in [4.78, 5) is 15.8. The van der Waals surface area contributed by atoms with Crippen LogP contribution in [0.4, 0.5) is 0 Å². The van der Waals surface area contributed by atoms with Crippen LogP contribution >= 0.6 is 0 Å². The Hall–Kier alpha value is -1.59. The molecule has 4 atom stereocenters. The molecule has 1 aromatic rings. The van der Waals surface area contributed by atoms with Crippen LogP contribution < -0.4 is 5.32 Å². The molecule has 0 unspecified atom stereocenters. The molecule has 0 radical (unpaired) electrons. The van der Waals surface area contributed by atoms with E-state index in [0.717, 1.165) is 7.05 Å². The maximum atomic E-state index is 12.0. The number of carbonyl (C=O) groups excluding carboxylic acids is 1. The predicted molar refractivity (Wildman–Crippen MR) is 75.2 cm³/mol. The zero-order chi connectivity index (χ0) is 16.5. The van der Waals surface area contributed by atoms with Crippen LogP contribution in [0.25, 0.3) is 0 Å². The normalized spacial score (nSPS) is 28.8. The number of pyridine rings is 1. The fraction of sp³-hybridized carbons (Fsp3) is 0.500. The van der Waals surface area contributed by atoms with Crippen LogP contribution in [0.1, 0.15) is 16.8 Å². The smallest absolute Gasteiger partial charge is 0.335 e. The first-order valence-electron chi connectivity index (χ1n) is 6.49. The van der Waals surface area contributed by atoms with E-state index < -0.39 is 40.5 Å². The molecule has 1 heterocycles. The van der Waals surface area contributed by atoms with Gasteiger partial charge in [-0.3, -0.25) is 14.3 Å². The lowest BCUT2D eigenvalue weighted by Crippen LogP contribution is -2.45. The summed E-state index contributed by atoms with van der Waals surface area (Å²) in [6.45, 7) is 0. The van der Waals surface area contributed by atoms with Gasteiger partial charge in [-0.1, -0.05) is 0 Å². The summed E-state index contributed by atoms with van der Waals surface area (Å²) in [5.74, 6) is -0.500. The molecule has 1 fully saturated rings. The van der Waals surface area contributed by atoms with Crippen LogP contribution in [0.3, 0.4) is 0 Å². The van der Waals surface area contributed by atoms with Crippen molar-refractivity contribution in [3.8, 4) is 0 Å². The van der Waals surface area contributed by atoms with E-state index in [2.05, 4.69) is 10.3 Å². The summed E-state index contributed by atoms with van der Waals surface area (Å²) >= 11 is 0. The van der Waals surface area contributed by atoms with Crippen LogP contribution in [0.2, 0.25) is 0 Å². The molecule has 122 valence electrons. The molecule has 1 amide bonds. The minimum atomic E-state index is -4.51. The zero-order valence-corrected chi connectivity index (χ0v) is 12.5. The van der Waals surface area contributed by atoms with Crippen molar-refractivity contribution in [2.24, 2.45) is 0 Å². The summed E-state index contributed by atoms with van der Waals surface area (Å²) in [6, 6.07) is 1.21. The Balaban J connectivity index is 2.09. The highest BCUT2D eigenvalue weighted by molar-refractivity contribution is 7.83. The van der Waals surface area contributed by atoms with Crippen molar-refractivity contribution in [1.82, 2.24) is 14.6 Å². The quantitative estimate of drug-likeness (QED) is 0.488. The molecule has 1 saturated carbocycles. The minimum absolute atomic E-state index is 0.0371.